The molecule has 0 aromatic carbocycles. The van der Waals surface area contributed by atoms with Gasteiger partial charge in [0.1, 0.15) is 17.8 Å². The van der Waals surface area contributed by atoms with E-state index in [1.54, 1.807) is 6.33 Å². The zero-order valence-corrected chi connectivity index (χ0v) is 14.8. The van der Waals surface area contributed by atoms with Crippen LogP contribution in [0.3, 0.4) is 0 Å². The van der Waals surface area contributed by atoms with Gasteiger partial charge >= 0.3 is 5.97 Å². The Bertz CT molecular complexity index is 747. The molecule has 0 bridgehead atoms. The predicted octanol–water partition coefficient (Wildman–Crippen LogP) is 1.67. The van der Waals surface area contributed by atoms with Crippen molar-refractivity contribution in [1.82, 2.24) is 19.9 Å². The molecule has 2 aromatic rings. The van der Waals surface area contributed by atoms with Crippen LogP contribution in [0.15, 0.2) is 18.6 Å². The molecule has 0 spiro atoms. The van der Waals surface area contributed by atoms with E-state index in [1.165, 1.54) is 0 Å². The molecule has 2 aromatic heterocycles. The second-order valence-corrected chi connectivity index (χ2v) is 7.19. The number of H-pyrrole nitrogens is 1. The van der Waals surface area contributed by atoms with E-state index in [0.29, 0.717) is 31.0 Å². The zero-order valence-electron chi connectivity index (χ0n) is 14.8. The first-order valence-corrected chi connectivity index (χ1v) is 9.04. The van der Waals surface area contributed by atoms with Crippen molar-refractivity contribution >= 4 is 22.8 Å². The van der Waals surface area contributed by atoms with Crippen molar-refractivity contribution in [2.24, 2.45) is 11.8 Å². The smallest absolute Gasteiger partial charge is 0.320 e. The fraction of sp³-hybridized carbons (Fsp3) is 0.611. The van der Waals surface area contributed by atoms with Crippen molar-refractivity contribution in [2.45, 2.75) is 25.8 Å². The van der Waals surface area contributed by atoms with Gasteiger partial charge in [0.05, 0.1) is 18.5 Å². The van der Waals surface area contributed by atoms with Gasteiger partial charge in [-0.15, -0.1) is 0 Å². The third-order valence-corrected chi connectivity index (χ3v) is 5.67. The molecule has 134 valence electrons. The topological polar surface area (TPSA) is 74.3 Å². The molecule has 2 fully saturated rings. The Balaban J connectivity index is 1.40. The fourth-order valence-corrected chi connectivity index (χ4v) is 4.51. The third-order valence-electron chi connectivity index (χ3n) is 5.67. The highest BCUT2D eigenvalue weighted by molar-refractivity contribution is 5.87. The molecule has 7 nitrogen and oxygen atoms in total. The largest absolute Gasteiger partial charge is 0.465 e. The number of nitrogens with zero attached hydrogens (tertiary/aromatic N) is 4. The highest BCUT2D eigenvalue weighted by atomic mass is 16.5. The summed E-state index contributed by atoms with van der Waals surface area (Å²) < 4.78 is 5.07. The van der Waals surface area contributed by atoms with Gasteiger partial charge in [-0.2, -0.15) is 0 Å². The van der Waals surface area contributed by atoms with Crippen LogP contribution in [-0.4, -0.2) is 65.2 Å². The van der Waals surface area contributed by atoms with Gasteiger partial charge in [-0.25, -0.2) is 9.97 Å². The van der Waals surface area contributed by atoms with Crippen LogP contribution in [0.2, 0.25) is 0 Å². The molecule has 3 heterocycles. The summed E-state index contributed by atoms with van der Waals surface area (Å²) in [5.41, 5.74) is 0.885. The summed E-state index contributed by atoms with van der Waals surface area (Å²) in [6.07, 6.45) is 5.83. The number of carbonyl (C=O) groups excluding carboxylic acids is 1. The van der Waals surface area contributed by atoms with Crippen molar-refractivity contribution in [3.8, 4) is 0 Å². The van der Waals surface area contributed by atoms with E-state index in [9.17, 15) is 4.79 Å². The molecular formula is C18H25N5O2. The SMILES string of the molecule is CCOC(=O)CN1C[C@H]2CC(N(C)c3ncnc4[nH]ccc34)C[C@H]2C1. The Labute approximate surface area is 147 Å². The van der Waals surface area contributed by atoms with Crippen LogP contribution < -0.4 is 4.90 Å². The van der Waals surface area contributed by atoms with E-state index in [0.717, 1.165) is 42.8 Å². The molecule has 1 N–H and O–H groups in total. The number of ether oxygens (including phenoxy) is 1. The average molecular weight is 343 g/mol. The van der Waals surface area contributed by atoms with E-state index in [1.807, 2.05) is 19.2 Å². The van der Waals surface area contributed by atoms with Crippen molar-refractivity contribution in [2.75, 3.05) is 38.2 Å². The van der Waals surface area contributed by atoms with Gasteiger partial charge in [-0.3, -0.25) is 9.69 Å². The monoisotopic (exact) mass is 343 g/mol. The Morgan fingerprint density at radius 2 is 2.12 bits per heavy atom. The minimum Gasteiger partial charge on any atom is -0.465 e. The molecule has 4 rings (SSSR count). The number of esters is 1. The first kappa shape index (κ1) is 16.3. The van der Waals surface area contributed by atoms with Gasteiger partial charge in [0, 0.05) is 32.4 Å². The van der Waals surface area contributed by atoms with Crippen LogP contribution in [0.25, 0.3) is 11.0 Å². The number of aromatic amines is 1. The minimum absolute atomic E-state index is 0.105. The first-order chi connectivity index (χ1) is 12.2. The third kappa shape index (κ3) is 3.08. The van der Waals surface area contributed by atoms with E-state index in [4.69, 9.17) is 4.74 Å². The highest BCUT2D eigenvalue weighted by Crippen LogP contribution is 2.41. The summed E-state index contributed by atoms with van der Waals surface area (Å²) in [7, 11) is 2.14. The van der Waals surface area contributed by atoms with Crippen LogP contribution in [0, 0.1) is 11.8 Å². The first-order valence-electron chi connectivity index (χ1n) is 9.04. The Morgan fingerprint density at radius 1 is 1.36 bits per heavy atom. The molecule has 2 aliphatic rings. The maximum absolute atomic E-state index is 11.7. The molecule has 1 saturated carbocycles. The lowest BCUT2D eigenvalue weighted by atomic mass is 10.0. The molecule has 7 heteroatoms. The van der Waals surface area contributed by atoms with Crippen LogP contribution in [0.5, 0.6) is 0 Å². The normalized spacial score (nSPS) is 26.1. The quantitative estimate of drug-likeness (QED) is 0.833. The second kappa shape index (κ2) is 6.63. The predicted molar refractivity (Wildman–Crippen MR) is 95.4 cm³/mol. The number of nitrogens with one attached hydrogen (secondary N) is 1. The molecule has 3 atom stereocenters. The summed E-state index contributed by atoms with van der Waals surface area (Å²) in [6, 6.07) is 2.53. The van der Waals surface area contributed by atoms with E-state index < -0.39 is 0 Å². The van der Waals surface area contributed by atoms with Crippen LogP contribution in [0.1, 0.15) is 19.8 Å². The van der Waals surface area contributed by atoms with Gasteiger partial charge < -0.3 is 14.6 Å². The summed E-state index contributed by atoms with van der Waals surface area (Å²) in [6.45, 7) is 4.73. The number of hydrogen-bond donors (Lipinski definition) is 1. The number of likely N-dealkylation sites (tertiary alicyclic amines) is 1. The summed E-state index contributed by atoms with van der Waals surface area (Å²) >= 11 is 0. The molecular weight excluding hydrogens is 318 g/mol. The van der Waals surface area contributed by atoms with Crippen molar-refractivity contribution in [3.05, 3.63) is 18.6 Å². The van der Waals surface area contributed by atoms with Gasteiger partial charge in [0.25, 0.3) is 0 Å². The van der Waals surface area contributed by atoms with Gasteiger partial charge in [-0.05, 0) is 37.7 Å². The van der Waals surface area contributed by atoms with Crippen LogP contribution >= 0.6 is 0 Å². The van der Waals surface area contributed by atoms with Crippen molar-refractivity contribution < 1.29 is 9.53 Å². The van der Waals surface area contributed by atoms with Gasteiger partial charge in [0.2, 0.25) is 0 Å². The lowest BCUT2D eigenvalue weighted by molar-refractivity contribution is -0.144. The number of carbonyl (C=O) groups is 1. The average Bonchev–Trinajstić information content (AvgIpc) is 3.27. The molecule has 1 aliphatic heterocycles. The molecule has 25 heavy (non-hydrogen) atoms. The van der Waals surface area contributed by atoms with Gasteiger partial charge in [0.15, 0.2) is 0 Å². The fourth-order valence-electron chi connectivity index (χ4n) is 4.51. The highest BCUT2D eigenvalue weighted by Gasteiger charge is 2.42. The van der Waals surface area contributed by atoms with Gasteiger partial charge in [-0.1, -0.05) is 0 Å². The van der Waals surface area contributed by atoms with Crippen LogP contribution in [0.4, 0.5) is 5.82 Å². The maximum Gasteiger partial charge on any atom is 0.320 e. The van der Waals surface area contributed by atoms with E-state index in [-0.39, 0.29) is 5.97 Å². The van der Waals surface area contributed by atoms with E-state index in [2.05, 4.69) is 31.8 Å². The number of aromatic nitrogens is 3. The minimum atomic E-state index is -0.105. The molecule has 1 unspecified atom stereocenters. The Hall–Kier alpha value is -2.15. The number of anilines is 1. The van der Waals surface area contributed by atoms with Crippen molar-refractivity contribution in [3.63, 3.8) is 0 Å². The Kier molecular flexibility index (Phi) is 4.33. The number of fused-ring (bicyclic) bond motifs is 2. The molecule has 1 aliphatic carbocycles. The molecule has 0 radical (unpaired) electrons. The summed E-state index contributed by atoms with van der Waals surface area (Å²) in [4.78, 5) is 28.2. The number of rotatable bonds is 5. The second-order valence-electron chi connectivity index (χ2n) is 7.19. The number of hydrogen-bond acceptors (Lipinski definition) is 6. The van der Waals surface area contributed by atoms with Crippen molar-refractivity contribution in [1.29, 1.82) is 0 Å². The van der Waals surface area contributed by atoms with Crippen LogP contribution in [-0.2, 0) is 9.53 Å². The lowest BCUT2D eigenvalue weighted by Gasteiger charge is -2.27. The summed E-state index contributed by atoms with van der Waals surface area (Å²) in [5, 5.41) is 1.07. The lowest BCUT2D eigenvalue weighted by Crippen LogP contribution is -2.34. The molecule has 0 amide bonds. The Morgan fingerprint density at radius 3 is 2.84 bits per heavy atom. The standard InChI is InChI=1S/C18H25N5O2/c1-3-25-16(24)10-23-8-12-6-14(7-13(12)9-23)22(2)18-15-4-5-19-17(15)20-11-21-18/h4-5,11-14H,3,6-10H2,1-2H3,(H,19,20,21)/t12-,13+,14?. The maximum atomic E-state index is 11.7. The summed E-state index contributed by atoms with van der Waals surface area (Å²) in [5.74, 6) is 2.21. The van der Waals surface area contributed by atoms with E-state index >= 15 is 0 Å². The zero-order chi connectivity index (χ0) is 17.4. The molecule has 1 saturated heterocycles.